The van der Waals surface area contributed by atoms with E-state index < -0.39 is 11.7 Å². The first-order chi connectivity index (χ1) is 18.3. The highest BCUT2D eigenvalue weighted by Crippen LogP contribution is 2.44. The van der Waals surface area contributed by atoms with Crippen molar-refractivity contribution in [3.05, 3.63) is 74.2 Å². The van der Waals surface area contributed by atoms with Gasteiger partial charge in [-0.3, -0.25) is 9.69 Å². The molecule has 0 amide bonds. The Kier molecular flexibility index (Phi) is 6.55. The molecule has 0 saturated heterocycles. The summed E-state index contributed by atoms with van der Waals surface area (Å²) >= 11 is 1.56. The number of ether oxygens (including phenoxy) is 3. The average molecular weight is 545 g/mol. The lowest BCUT2D eigenvalue weighted by Gasteiger charge is -2.28. The van der Waals surface area contributed by atoms with Gasteiger partial charge in [-0.05, 0) is 41.7 Å². The van der Waals surface area contributed by atoms with Crippen molar-refractivity contribution in [2.75, 3.05) is 20.3 Å². The molecular weight excluding hydrogens is 517 g/mol. The molecular formula is C28H27F3N2O4S. The molecule has 1 aliphatic carbocycles. The van der Waals surface area contributed by atoms with Crippen LogP contribution in [-0.2, 0) is 41.6 Å². The summed E-state index contributed by atoms with van der Waals surface area (Å²) in [6.07, 6.45) is -2.64. The highest BCUT2D eigenvalue weighted by atomic mass is 32.1. The van der Waals surface area contributed by atoms with E-state index in [-0.39, 0.29) is 31.0 Å². The van der Waals surface area contributed by atoms with Gasteiger partial charge in [-0.1, -0.05) is 12.1 Å². The Labute approximate surface area is 222 Å². The number of halogens is 3. The maximum Gasteiger partial charge on any atom is 0.416 e. The normalized spacial score (nSPS) is 20.4. The molecule has 0 fully saturated rings. The summed E-state index contributed by atoms with van der Waals surface area (Å²) in [5.41, 5.74) is 5.15. The fraction of sp³-hybridized carbons (Fsp3) is 0.429. The van der Waals surface area contributed by atoms with Gasteiger partial charge in [0.25, 0.3) is 0 Å². The number of benzene rings is 2. The Bertz CT molecular complexity index is 1370. The summed E-state index contributed by atoms with van der Waals surface area (Å²) in [4.78, 5) is 19.3. The number of rotatable bonds is 6. The number of aromatic nitrogens is 1. The highest BCUT2D eigenvalue weighted by Gasteiger charge is 2.38. The van der Waals surface area contributed by atoms with Gasteiger partial charge in [0.1, 0.15) is 17.6 Å². The van der Waals surface area contributed by atoms with E-state index in [1.54, 1.807) is 29.0 Å². The SMILES string of the molecule is COC(=O)CC1COc2cc(OC3CCc4c3ccc(C(F)(F)F)c4CN3CCc4ncsc4C3)ccc21. The van der Waals surface area contributed by atoms with E-state index in [0.717, 1.165) is 33.7 Å². The van der Waals surface area contributed by atoms with E-state index >= 15 is 0 Å². The number of carbonyl (C=O) groups is 1. The summed E-state index contributed by atoms with van der Waals surface area (Å²) in [6, 6.07) is 8.31. The molecule has 38 heavy (non-hydrogen) atoms. The third kappa shape index (κ3) is 4.75. The van der Waals surface area contributed by atoms with E-state index in [0.29, 0.717) is 49.6 Å². The van der Waals surface area contributed by atoms with Gasteiger partial charge in [-0.2, -0.15) is 13.2 Å². The van der Waals surface area contributed by atoms with Gasteiger partial charge >= 0.3 is 12.1 Å². The van der Waals surface area contributed by atoms with Crippen LogP contribution in [-0.4, -0.2) is 36.1 Å². The molecule has 2 atom stereocenters. The van der Waals surface area contributed by atoms with Crippen LogP contribution >= 0.6 is 11.3 Å². The molecule has 10 heteroatoms. The predicted octanol–water partition coefficient (Wildman–Crippen LogP) is 5.83. The Morgan fingerprint density at radius 2 is 2.05 bits per heavy atom. The largest absolute Gasteiger partial charge is 0.492 e. The van der Waals surface area contributed by atoms with E-state index in [2.05, 4.69) is 9.88 Å². The fourth-order valence-corrected chi connectivity index (χ4v) is 6.64. The van der Waals surface area contributed by atoms with Crippen LogP contribution in [0.2, 0.25) is 0 Å². The molecule has 0 spiro atoms. The number of methoxy groups -OCH3 is 1. The summed E-state index contributed by atoms with van der Waals surface area (Å²) in [5, 5.41) is 0. The van der Waals surface area contributed by atoms with Gasteiger partial charge in [-0.15, -0.1) is 11.3 Å². The van der Waals surface area contributed by atoms with Crippen LogP contribution in [0.25, 0.3) is 0 Å². The maximum atomic E-state index is 14.1. The van der Waals surface area contributed by atoms with Crippen LogP contribution in [0.1, 0.15) is 63.3 Å². The smallest absolute Gasteiger partial charge is 0.416 e. The first kappa shape index (κ1) is 25.2. The monoisotopic (exact) mass is 544 g/mol. The molecule has 2 unspecified atom stereocenters. The number of thiazole rings is 1. The first-order valence-electron chi connectivity index (χ1n) is 12.7. The number of hydrogen-bond acceptors (Lipinski definition) is 7. The van der Waals surface area contributed by atoms with Gasteiger partial charge in [-0.25, -0.2) is 4.98 Å². The highest BCUT2D eigenvalue weighted by molar-refractivity contribution is 7.09. The second kappa shape index (κ2) is 9.89. The van der Waals surface area contributed by atoms with Crippen LogP contribution in [0.5, 0.6) is 11.5 Å². The van der Waals surface area contributed by atoms with Gasteiger partial charge in [0.15, 0.2) is 0 Å². The lowest BCUT2D eigenvalue weighted by molar-refractivity contribution is -0.141. The van der Waals surface area contributed by atoms with Crippen LogP contribution < -0.4 is 9.47 Å². The van der Waals surface area contributed by atoms with Crippen molar-refractivity contribution in [3.63, 3.8) is 0 Å². The van der Waals surface area contributed by atoms with E-state index in [1.807, 2.05) is 12.1 Å². The lowest BCUT2D eigenvalue weighted by atomic mass is 9.95. The Morgan fingerprint density at radius 3 is 2.87 bits per heavy atom. The van der Waals surface area contributed by atoms with Crippen molar-refractivity contribution in [2.24, 2.45) is 0 Å². The van der Waals surface area contributed by atoms with E-state index in [4.69, 9.17) is 14.2 Å². The molecule has 0 bridgehead atoms. The number of alkyl halides is 3. The summed E-state index contributed by atoms with van der Waals surface area (Å²) in [6.45, 7) is 1.94. The zero-order valence-electron chi connectivity index (χ0n) is 20.8. The second-order valence-corrected chi connectivity index (χ2v) is 10.9. The van der Waals surface area contributed by atoms with Crippen LogP contribution in [0.15, 0.2) is 35.8 Å². The molecule has 200 valence electrons. The molecule has 3 aliphatic rings. The van der Waals surface area contributed by atoms with Gasteiger partial charge in [0.05, 0.1) is 36.9 Å². The van der Waals surface area contributed by atoms with Crippen molar-refractivity contribution in [3.8, 4) is 11.5 Å². The zero-order valence-corrected chi connectivity index (χ0v) is 21.7. The average Bonchev–Trinajstić information content (AvgIpc) is 3.62. The Balaban J connectivity index is 1.24. The number of carbonyl (C=O) groups excluding carboxylic acids is 1. The molecule has 3 aromatic rings. The van der Waals surface area contributed by atoms with Crippen molar-refractivity contribution in [2.45, 2.75) is 57.0 Å². The molecule has 6 nitrogen and oxygen atoms in total. The summed E-state index contributed by atoms with van der Waals surface area (Å²) < 4.78 is 59.1. The zero-order chi connectivity index (χ0) is 26.4. The number of hydrogen-bond donors (Lipinski definition) is 0. The maximum absolute atomic E-state index is 14.1. The van der Waals surface area contributed by atoms with Crippen molar-refractivity contribution >= 4 is 17.3 Å². The standard InChI is InChI=1S/C28H27F3N2O4S/c1-35-27(34)10-16-14-36-25-11-17(2-3-18(16)25)37-24-7-5-19-20(24)4-6-22(28(29,30)31)21(19)12-33-9-8-23-26(13-33)38-15-32-23/h2-4,6,11,15-16,24H,5,7-10,12-14H2,1H3. The molecule has 0 radical (unpaired) electrons. The molecule has 2 aromatic carbocycles. The minimum atomic E-state index is -4.42. The quantitative estimate of drug-likeness (QED) is 0.364. The number of fused-ring (bicyclic) bond motifs is 3. The molecule has 6 rings (SSSR count). The van der Waals surface area contributed by atoms with Crippen molar-refractivity contribution < 1.29 is 32.2 Å². The molecule has 2 aliphatic heterocycles. The van der Waals surface area contributed by atoms with Crippen molar-refractivity contribution in [1.29, 1.82) is 0 Å². The molecule has 1 aromatic heterocycles. The lowest BCUT2D eigenvalue weighted by Crippen LogP contribution is -2.31. The van der Waals surface area contributed by atoms with Gasteiger partial charge in [0, 0.05) is 48.5 Å². The predicted molar refractivity (Wildman–Crippen MR) is 134 cm³/mol. The Morgan fingerprint density at radius 1 is 1.21 bits per heavy atom. The molecule has 0 saturated carbocycles. The van der Waals surface area contributed by atoms with E-state index in [9.17, 15) is 18.0 Å². The van der Waals surface area contributed by atoms with Crippen LogP contribution in [0, 0.1) is 0 Å². The summed E-state index contributed by atoms with van der Waals surface area (Å²) in [7, 11) is 1.36. The van der Waals surface area contributed by atoms with Gasteiger partial charge < -0.3 is 14.2 Å². The third-order valence-corrected chi connectivity index (χ3v) is 8.56. The minimum Gasteiger partial charge on any atom is -0.492 e. The van der Waals surface area contributed by atoms with Gasteiger partial charge in [0.2, 0.25) is 0 Å². The Hall–Kier alpha value is -3.11. The summed E-state index contributed by atoms with van der Waals surface area (Å²) in [5.74, 6) is 0.893. The van der Waals surface area contributed by atoms with Crippen LogP contribution in [0.4, 0.5) is 13.2 Å². The first-order valence-corrected chi connectivity index (χ1v) is 13.5. The van der Waals surface area contributed by atoms with Crippen molar-refractivity contribution in [1.82, 2.24) is 9.88 Å². The topological polar surface area (TPSA) is 60.9 Å². The number of esters is 1. The second-order valence-electron chi connectivity index (χ2n) is 9.97. The van der Waals surface area contributed by atoms with Crippen LogP contribution in [0.3, 0.4) is 0 Å². The van der Waals surface area contributed by atoms with E-state index in [1.165, 1.54) is 13.2 Å². The number of nitrogens with zero attached hydrogens (tertiary/aromatic N) is 2. The molecule has 3 heterocycles. The minimum absolute atomic E-state index is 0.0714. The third-order valence-electron chi connectivity index (χ3n) is 7.70. The fourth-order valence-electron chi connectivity index (χ4n) is 5.79. The molecule has 0 N–H and O–H groups in total.